The first-order chi connectivity index (χ1) is 8.88. The number of likely N-dealkylation sites (N-methyl/N-ethyl adjacent to an activating group) is 1. The molecular formula is C16H27N3. The van der Waals surface area contributed by atoms with E-state index in [1.54, 1.807) is 0 Å². The third-order valence-corrected chi connectivity index (χ3v) is 4.26. The molecule has 1 aromatic carbocycles. The highest BCUT2D eigenvalue weighted by atomic mass is 15.3. The lowest BCUT2D eigenvalue weighted by molar-refractivity contribution is 0.0825. The smallest absolute Gasteiger partial charge is 0.0314 e. The minimum atomic E-state index is 0.165. The molecule has 0 aliphatic carbocycles. The van der Waals surface area contributed by atoms with Crippen LogP contribution in [-0.4, -0.2) is 49.1 Å². The molecule has 0 amide bonds. The molecule has 1 saturated heterocycles. The molecule has 2 N–H and O–H groups in total. The predicted molar refractivity (Wildman–Crippen MR) is 82.4 cm³/mol. The molecule has 0 bridgehead atoms. The SMILES string of the molecule is CC1CN(C)CCN1CC(C)(C)c1ccc(N)cc1. The molecule has 3 nitrogen and oxygen atoms in total. The Bertz CT molecular complexity index is 411. The largest absolute Gasteiger partial charge is 0.399 e. The molecule has 0 aromatic heterocycles. The van der Waals surface area contributed by atoms with Crippen LogP contribution in [-0.2, 0) is 5.41 Å². The lowest BCUT2D eigenvalue weighted by Gasteiger charge is -2.42. The first-order valence-electron chi connectivity index (χ1n) is 7.17. The maximum Gasteiger partial charge on any atom is 0.0314 e. The van der Waals surface area contributed by atoms with Gasteiger partial charge in [0.2, 0.25) is 0 Å². The zero-order valence-electron chi connectivity index (χ0n) is 12.7. The number of hydrogen-bond donors (Lipinski definition) is 1. The van der Waals surface area contributed by atoms with Crippen molar-refractivity contribution in [2.45, 2.75) is 32.2 Å². The van der Waals surface area contributed by atoms with Crippen molar-refractivity contribution in [1.82, 2.24) is 9.80 Å². The van der Waals surface area contributed by atoms with Crippen molar-refractivity contribution in [2.24, 2.45) is 0 Å². The minimum absolute atomic E-state index is 0.165. The van der Waals surface area contributed by atoms with Gasteiger partial charge in [0.15, 0.2) is 0 Å². The number of anilines is 1. The normalized spacial score (nSPS) is 22.6. The molecule has 106 valence electrons. The Labute approximate surface area is 117 Å². The Morgan fingerprint density at radius 2 is 1.84 bits per heavy atom. The van der Waals surface area contributed by atoms with Crippen molar-refractivity contribution in [1.29, 1.82) is 0 Å². The second-order valence-corrected chi connectivity index (χ2v) is 6.59. The molecule has 1 fully saturated rings. The zero-order valence-corrected chi connectivity index (χ0v) is 12.7. The van der Waals surface area contributed by atoms with E-state index in [2.05, 4.69) is 49.8 Å². The minimum Gasteiger partial charge on any atom is -0.399 e. The van der Waals surface area contributed by atoms with Crippen molar-refractivity contribution in [3.63, 3.8) is 0 Å². The summed E-state index contributed by atoms with van der Waals surface area (Å²) in [6.07, 6.45) is 0. The topological polar surface area (TPSA) is 32.5 Å². The second-order valence-electron chi connectivity index (χ2n) is 6.59. The van der Waals surface area contributed by atoms with Crippen molar-refractivity contribution in [3.05, 3.63) is 29.8 Å². The summed E-state index contributed by atoms with van der Waals surface area (Å²) in [6.45, 7) is 11.6. The van der Waals surface area contributed by atoms with Gasteiger partial charge in [-0.2, -0.15) is 0 Å². The van der Waals surface area contributed by atoms with Gasteiger partial charge in [-0.15, -0.1) is 0 Å². The molecule has 19 heavy (non-hydrogen) atoms. The quantitative estimate of drug-likeness (QED) is 0.847. The van der Waals surface area contributed by atoms with Gasteiger partial charge in [0, 0.05) is 43.3 Å². The van der Waals surface area contributed by atoms with E-state index in [1.165, 1.54) is 12.1 Å². The van der Waals surface area contributed by atoms with Crippen molar-refractivity contribution in [2.75, 3.05) is 39.0 Å². The second kappa shape index (κ2) is 5.51. The third-order valence-electron chi connectivity index (χ3n) is 4.26. The summed E-state index contributed by atoms with van der Waals surface area (Å²) < 4.78 is 0. The molecule has 1 atom stereocenters. The average Bonchev–Trinajstić information content (AvgIpc) is 2.33. The fourth-order valence-corrected chi connectivity index (χ4v) is 2.95. The lowest BCUT2D eigenvalue weighted by Crippen LogP contribution is -2.53. The summed E-state index contributed by atoms with van der Waals surface area (Å²) in [5.41, 5.74) is 8.15. The van der Waals surface area contributed by atoms with Gasteiger partial charge in [0.1, 0.15) is 0 Å². The molecular weight excluding hydrogens is 234 g/mol. The van der Waals surface area contributed by atoms with Crippen LogP contribution in [0.15, 0.2) is 24.3 Å². The van der Waals surface area contributed by atoms with Gasteiger partial charge in [-0.05, 0) is 31.7 Å². The van der Waals surface area contributed by atoms with Crippen LogP contribution < -0.4 is 5.73 Å². The molecule has 0 saturated carbocycles. The third kappa shape index (κ3) is 3.48. The van der Waals surface area contributed by atoms with Crippen molar-refractivity contribution >= 4 is 5.69 Å². The van der Waals surface area contributed by atoms with Gasteiger partial charge in [-0.3, -0.25) is 4.90 Å². The Kier molecular flexibility index (Phi) is 4.16. The summed E-state index contributed by atoms with van der Waals surface area (Å²) in [7, 11) is 2.21. The number of piperazine rings is 1. The Hall–Kier alpha value is -1.06. The van der Waals surface area contributed by atoms with E-state index in [9.17, 15) is 0 Å². The van der Waals surface area contributed by atoms with Crippen LogP contribution in [0.3, 0.4) is 0 Å². The molecule has 3 heteroatoms. The predicted octanol–water partition coefficient (Wildman–Crippen LogP) is 2.18. The number of hydrogen-bond acceptors (Lipinski definition) is 3. The van der Waals surface area contributed by atoms with E-state index in [0.717, 1.165) is 25.3 Å². The zero-order chi connectivity index (χ0) is 14.0. The molecule has 1 aliphatic heterocycles. The molecule has 0 spiro atoms. The van der Waals surface area contributed by atoms with E-state index >= 15 is 0 Å². The van der Waals surface area contributed by atoms with E-state index in [0.29, 0.717) is 6.04 Å². The van der Waals surface area contributed by atoms with E-state index in [4.69, 9.17) is 5.73 Å². The van der Waals surface area contributed by atoms with E-state index < -0.39 is 0 Å². The molecule has 1 heterocycles. The first-order valence-corrected chi connectivity index (χ1v) is 7.17. The lowest BCUT2D eigenvalue weighted by atomic mass is 9.83. The first kappa shape index (κ1) is 14.4. The van der Waals surface area contributed by atoms with Gasteiger partial charge in [0.05, 0.1) is 0 Å². The molecule has 1 aliphatic rings. The van der Waals surface area contributed by atoms with Gasteiger partial charge < -0.3 is 10.6 Å². The molecule has 1 aromatic rings. The molecule has 1 unspecified atom stereocenters. The maximum absolute atomic E-state index is 5.78. The number of benzene rings is 1. The van der Waals surface area contributed by atoms with Crippen LogP contribution in [0.5, 0.6) is 0 Å². The van der Waals surface area contributed by atoms with Crippen LogP contribution >= 0.6 is 0 Å². The van der Waals surface area contributed by atoms with Crippen LogP contribution in [0.4, 0.5) is 5.69 Å². The molecule has 0 radical (unpaired) electrons. The molecule has 2 rings (SSSR count). The maximum atomic E-state index is 5.78. The van der Waals surface area contributed by atoms with Crippen LogP contribution in [0.2, 0.25) is 0 Å². The summed E-state index contributed by atoms with van der Waals surface area (Å²) in [6, 6.07) is 8.97. The summed E-state index contributed by atoms with van der Waals surface area (Å²) in [4.78, 5) is 5.02. The Morgan fingerprint density at radius 3 is 2.42 bits per heavy atom. The van der Waals surface area contributed by atoms with Crippen LogP contribution in [0.25, 0.3) is 0 Å². The highest BCUT2D eigenvalue weighted by molar-refractivity contribution is 5.41. The van der Waals surface area contributed by atoms with Crippen LogP contribution in [0.1, 0.15) is 26.3 Å². The standard InChI is InChI=1S/C16H27N3/c1-13-11-18(4)9-10-19(13)12-16(2,3)14-5-7-15(17)8-6-14/h5-8,13H,9-12,17H2,1-4H3. The fraction of sp³-hybridized carbons (Fsp3) is 0.625. The number of nitrogen functional groups attached to an aromatic ring is 1. The highest BCUT2D eigenvalue weighted by Crippen LogP contribution is 2.26. The highest BCUT2D eigenvalue weighted by Gasteiger charge is 2.29. The summed E-state index contributed by atoms with van der Waals surface area (Å²) in [5, 5.41) is 0. The monoisotopic (exact) mass is 261 g/mol. The van der Waals surface area contributed by atoms with E-state index in [1.807, 2.05) is 12.1 Å². The summed E-state index contributed by atoms with van der Waals surface area (Å²) in [5.74, 6) is 0. The summed E-state index contributed by atoms with van der Waals surface area (Å²) >= 11 is 0. The van der Waals surface area contributed by atoms with Gasteiger partial charge in [-0.25, -0.2) is 0 Å². The van der Waals surface area contributed by atoms with Gasteiger partial charge in [0.25, 0.3) is 0 Å². The van der Waals surface area contributed by atoms with Crippen molar-refractivity contribution in [3.8, 4) is 0 Å². The Balaban J connectivity index is 2.06. The number of nitrogens with two attached hydrogens (primary N) is 1. The van der Waals surface area contributed by atoms with Crippen molar-refractivity contribution < 1.29 is 0 Å². The fourth-order valence-electron chi connectivity index (χ4n) is 2.95. The van der Waals surface area contributed by atoms with Gasteiger partial charge in [-0.1, -0.05) is 26.0 Å². The number of rotatable bonds is 3. The van der Waals surface area contributed by atoms with E-state index in [-0.39, 0.29) is 5.41 Å². The average molecular weight is 261 g/mol. The van der Waals surface area contributed by atoms with Crippen LogP contribution in [0, 0.1) is 0 Å². The van der Waals surface area contributed by atoms with Gasteiger partial charge >= 0.3 is 0 Å². The number of nitrogens with zero attached hydrogens (tertiary/aromatic N) is 2. The Morgan fingerprint density at radius 1 is 1.21 bits per heavy atom.